The summed E-state index contributed by atoms with van der Waals surface area (Å²) in [4.78, 5) is 22.2. The van der Waals surface area contributed by atoms with Gasteiger partial charge >= 0.3 is 6.09 Å². The molecule has 2 aromatic rings. The highest BCUT2D eigenvalue weighted by molar-refractivity contribution is 5.69. The minimum absolute atomic E-state index is 0. The van der Waals surface area contributed by atoms with Crippen LogP contribution in [0.15, 0.2) is 36.9 Å². The van der Waals surface area contributed by atoms with Crippen LogP contribution >= 0.6 is 0 Å². The molecule has 2 saturated carbocycles. The van der Waals surface area contributed by atoms with Crippen LogP contribution in [0.1, 0.15) is 76.8 Å². The molecule has 2 aliphatic heterocycles. The Labute approximate surface area is 249 Å². The first kappa shape index (κ1) is 32.0. The van der Waals surface area contributed by atoms with Gasteiger partial charge in [0.05, 0.1) is 18.4 Å². The van der Waals surface area contributed by atoms with Gasteiger partial charge in [0.25, 0.3) is 0 Å². The third-order valence-electron chi connectivity index (χ3n) is 8.23. The average molecular weight is 585 g/mol. The fraction of sp³-hybridized carbons (Fsp3) is 0.656. The fourth-order valence-electron chi connectivity index (χ4n) is 5.20. The van der Waals surface area contributed by atoms with Gasteiger partial charge < -0.3 is 34.6 Å². The lowest BCUT2D eigenvalue weighted by Crippen LogP contribution is -2.55. The highest BCUT2D eigenvalue weighted by Gasteiger charge is 2.39. The van der Waals surface area contributed by atoms with Crippen molar-refractivity contribution < 1.29 is 29.2 Å². The van der Waals surface area contributed by atoms with E-state index in [4.69, 9.17) is 19.3 Å². The molecule has 0 unspecified atom stereocenters. The van der Waals surface area contributed by atoms with Crippen molar-refractivity contribution in [2.75, 3.05) is 39.5 Å². The second-order valence-corrected chi connectivity index (χ2v) is 12.7. The summed E-state index contributed by atoms with van der Waals surface area (Å²) in [6.45, 7) is 9.08. The number of aliphatic hydroxyl groups is 2. The lowest BCUT2D eigenvalue weighted by Gasteiger charge is -2.40. The molecular formula is C32H48N4O6. The van der Waals surface area contributed by atoms with Gasteiger partial charge in [0, 0.05) is 38.2 Å². The van der Waals surface area contributed by atoms with Gasteiger partial charge in [0.1, 0.15) is 30.3 Å². The van der Waals surface area contributed by atoms with E-state index in [0.717, 1.165) is 43.7 Å². The summed E-state index contributed by atoms with van der Waals surface area (Å²) in [5.41, 5.74) is 1.83. The van der Waals surface area contributed by atoms with E-state index in [0.29, 0.717) is 48.6 Å². The molecule has 0 bridgehead atoms. The van der Waals surface area contributed by atoms with Crippen molar-refractivity contribution in [3.63, 3.8) is 0 Å². The molecule has 4 heterocycles. The maximum absolute atomic E-state index is 12.1. The van der Waals surface area contributed by atoms with E-state index in [-0.39, 0.29) is 32.8 Å². The minimum atomic E-state index is -0.482. The number of nitrogens with zero attached hydrogens (tertiary/aromatic N) is 3. The average Bonchev–Trinajstić information content (AvgIpc) is 3.81. The van der Waals surface area contributed by atoms with Gasteiger partial charge in [-0.2, -0.15) is 0 Å². The summed E-state index contributed by atoms with van der Waals surface area (Å²) in [7, 11) is 0. The lowest BCUT2D eigenvalue weighted by atomic mass is 10.1. The molecule has 3 N–H and O–H groups in total. The highest BCUT2D eigenvalue weighted by Crippen LogP contribution is 2.48. The molecule has 1 amide bonds. The number of carbonyl (C=O) groups is 1. The molecule has 0 aromatic carbocycles. The molecule has 0 radical (unpaired) electrons. The topological polar surface area (TPSA) is 126 Å². The number of aliphatic hydroxyl groups excluding tert-OH is 2. The number of amides is 1. The smallest absolute Gasteiger partial charge is 0.410 e. The first-order valence-electron chi connectivity index (χ1n) is 14.8. The second-order valence-electron chi connectivity index (χ2n) is 12.7. The van der Waals surface area contributed by atoms with Crippen molar-refractivity contribution in [2.24, 2.45) is 11.8 Å². The Morgan fingerprint density at radius 1 is 0.929 bits per heavy atom. The number of hydrogen-bond donors (Lipinski definition) is 3. The summed E-state index contributed by atoms with van der Waals surface area (Å²) in [5, 5.41) is 21.5. The predicted molar refractivity (Wildman–Crippen MR) is 160 cm³/mol. The number of hydrogen-bond acceptors (Lipinski definition) is 9. The van der Waals surface area contributed by atoms with Gasteiger partial charge in [-0.1, -0.05) is 7.43 Å². The molecular weight excluding hydrogens is 536 g/mol. The van der Waals surface area contributed by atoms with Crippen LogP contribution in [-0.4, -0.2) is 88.4 Å². The van der Waals surface area contributed by atoms with Gasteiger partial charge in [0.2, 0.25) is 0 Å². The maximum atomic E-state index is 12.1. The van der Waals surface area contributed by atoms with Crippen LogP contribution in [0.4, 0.5) is 4.79 Å². The van der Waals surface area contributed by atoms with Gasteiger partial charge in [-0.15, -0.1) is 0 Å². The fourth-order valence-corrected chi connectivity index (χ4v) is 5.20. The van der Waals surface area contributed by atoms with Gasteiger partial charge in [0.15, 0.2) is 0 Å². The molecule has 0 spiro atoms. The first-order chi connectivity index (χ1) is 19.7. The van der Waals surface area contributed by atoms with Crippen LogP contribution < -0.4 is 14.8 Å². The van der Waals surface area contributed by atoms with Crippen LogP contribution in [0.25, 0.3) is 0 Å². The molecule has 4 aliphatic rings. The molecule has 2 aromatic heterocycles. The molecule has 10 nitrogen and oxygen atoms in total. The number of pyridine rings is 2. The number of ether oxygens (including phenoxy) is 3. The summed E-state index contributed by atoms with van der Waals surface area (Å²) in [6, 6.07) is 4.61. The minimum Gasteiger partial charge on any atom is -0.490 e. The van der Waals surface area contributed by atoms with Crippen LogP contribution in [0, 0.1) is 11.8 Å². The number of nitrogens with one attached hydrogen (secondary N) is 1. The number of aromatic nitrogens is 2. The zero-order valence-corrected chi connectivity index (χ0v) is 24.4. The normalized spacial score (nSPS) is 27.2. The van der Waals surface area contributed by atoms with E-state index in [1.54, 1.807) is 17.3 Å². The van der Waals surface area contributed by atoms with Gasteiger partial charge in [-0.3, -0.25) is 9.97 Å². The summed E-state index contributed by atoms with van der Waals surface area (Å²) < 4.78 is 16.9. The molecule has 4 fully saturated rings. The predicted octanol–water partition coefficient (Wildman–Crippen LogP) is 4.12. The van der Waals surface area contributed by atoms with E-state index in [9.17, 15) is 9.90 Å². The zero-order chi connectivity index (χ0) is 29.0. The summed E-state index contributed by atoms with van der Waals surface area (Å²) >= 11 is 0. The third-order valence-corrected chi connectivity index (χ3v) is 8.23. The van der Waals surface area contributed by atoms with E-state index >= 15 is 0 Å². The molecule has 6 rings (SSSR count). The Hall–Kier alpha value is -2.95. The van der Waals surface area contributed by atoms with E-state index in [1.165, 1.54) is 12.0 Å². The number of rotatable bonds is 10. The van der Waals surface area contributed by atoms with Crippen molar-refractivity contribution in [2.45, 2.75) is 83.4 Å². The highest BCUT2D eigenvalue weighted by atomic mass is 16.6. The molecule has 2 saturated heterocycles. The standard InChI is InChI=1S/C18H26N2O4.C13H18N2O2.CH4/c1-18(2,3)24-17(22)20-5-4-14(20)11-23-15-6-12(8-19-9-15)16-7-13(16)10-21;16-7-10-4-13(10)9-3-12(6-14-5-9)17-8-11-1-2-15-11;/h6,8-9,13-14,16,21H,4-5,7,10-11H2,1-3H3;3,5-6,10-11,13,15-16H,1-2,4,7-8H2;1H4/t13-,14+,16-;10-,11+,13-;/m11./s1. The van der Waals surface area contributed by atoms with Crippen molar-refractivity contribution in [3.8, 4) is 11.5 Å². The van der Waals surface area contributed by atoms with Crippen molar-refractivity contribution >= 4 is 6.09 Å². The van der Waals surface area contributed by atoms with Crippen LogP contribution in [-0.2, 0) is 4.74 Å². The Kier molecular flexibility index (Phi) is 10.7. The molecule has 6 atom stereocenters. The van der Waals surface area contributed by atoms with Crippen LogP contribution in [0.3, 0.4) is 0 Å². The van der Waals surface area contributed by atoms with Crippen molar-refractivity contribution in [1.82, 2.24) is 20.2 Å². The lowest BCUT2D eigenvalue weighted by molar-refractivity contribution is -0.0141. The van der Waals surface area contributed by atoms with E-state index in [2.05, 4.69) is 21.4 Å². The quantitative estimate of drug-likeness (QED) is 0.378. The first-order valence-corrected chi connectivity index (χ1v) is 14.8. The Morgan fingerprint density at radius 3 is 1.88 bits per heavy atom. The second kappa shape index (κ2) is 14.0. The van der Waals surface area contributed by atoms with Crippen LogP contribution in [0.5, 0.6) is 11.5 Å². The molecule has 10 heteroatoms. The summed E-state index contributed by atoms with van der Waals surface area (Å²) in [5.74, 6) is 3.23. The maximum Gasteiger partial charge on any atom is 0.410 e. The Balaban J connectivity index is 0.000000198. The number of carbonyl (C=O) groups excluding carboxylic acids is 1. The Bertz CT molecular complexity index is 1170. The van der Waals surface area contributed by atoms with Gasteiger partial charge in [-0.25, -0.2) is 4.79 Å². The number of likely N-dealkylation sites (tertiary alicyclic amines) is 1. The van der Waals surface area contributed by atoms with Crippen LogP contribution in [0.2, 0.25) is 0 Å². The van der Waals surface area contributed by atoms with Crippen molar-refractivity contribution in [1.29, 1.82) is 0 Å². The third kappa shape index (κ3) is 8.55. The monoisotopic (exact) mass is 584 g/mol. The van der Waals surface area contributed by atoms with Crippen molar-refractivity contribution in [3.05, 3.63) is 48.0 Å². The Morgan fingerprint density at radius 2 is 1.48 bits per heavy atom. The largest absolute Gasteiger partial charge is 0.490 e. The van der Waals surface area contributed by atoms with E-state index in [1.807, 2.05) is 39.2 Å². The molecule has 2 aliphatic carbocycles. The zero-order valence-electron chi connectivity index (χ0n) is 24.4. The molecule has 232 valence electrons. The van der Waals surface area contributed by atoms with E-state index < -0.39 is 5.60 Å². The summed E-state index contributed by atoms with van der Waals surface area (Å²) in [6.07, 6.45) is 11.1. The van der Waals surface area contributed by atoms with Gasteiger partial charge in [-0.05, 0) is 99.9 Å². The SMILES string of the molecule is C.CC(C)(C)OC(=O)N1CC[C@H]1COc1cncc([C@H]2C[C@@H]2CO)c1.OC[C@H]1C[C@@H]1c1cncc(OC[C@@H]2CCN2)c1. The molecule has 42 heavy (non-hydrogen) atoms.